The fourth-order valence-corrected chi connectivity index (χ4v) is 3.64. The Morgan fingerprint density at radius 2 is 1.64 bits per heavy atom. The third kappa shape index (κ3) is 4.39. The molecule has 0 radical (unpaired) electrons. The van der Waals surface area contributed by atoms with Gasteiger partial charge in [0.2, 0.25) is 0 Å². The van der Waals surface area contributed by atoms with Crippen molar-refractivity contribution in [3.63, 3.8) is 0 Å². The van der Waals surface area contributed by atoms with Crippen molar-refractivity contribution in [3.05, 3.63) is 94.5 Å². The molecule has 2 aromatic carbocycles. The summed E-state index contributed by atoms with van der Waals surface area (Å²) in [5, 5.41) is 3.76. The number of anilines is 1. The summed E-state index contributed by atoms with van der Waals surface area (Å²) in [5.41, 5.74) is 2.05. The van der Waals surface area contributed by atoms with Crippen LogP contribution in [-0.2, 0) is 16.6 Å². The van der Waals surface area contributed by atoms with Crippen molar-refractivity contribution in [2.45, 2.75) is 20.0 Å². The first-order valence-electron chi connectivity index (χ1n) is 10.5. The number of nitrogens with zero attached hydrogens (tertiary/aromatic N) is 2. The lowest BCUT2D eigenvalue weighted by molar-refractivity contribution is -0.123. The highest BCUT2D eigenvalue weighted by atomic mass is 16.5. The van der Waals surface area contributed by atoms with Gasteiger partial charge in [-0.05, 0) is 42.5 Å². The first-order chi connectivity index (χ1) is 15.9. The van der Waals surface area contributed by atoms with Crippen LogP contribution in [0.25, 0.3) is 21.9 Å². The molecule has 1 amide bonds. The van der Waals surface area contributed by atoms with E-state index >= 15 is 0 Å². The van der Waals surface area contributed by atoms with Crippen LogP contribution in [0.1, 0.15) is 23.0 Å². The highest BCUT2D eigenvalue weighted by Gasteiger charge is 2.26. The number of esters is 1. The zero-order chi connectivity index (χ0) is 23.5. The van der Waals surface area contributed by atoms with Gasteiger partial charge in [0.15, 0.2) is 6.10 Å². The lowest BCUT2D eigenvalue weighted by atomic mass is 9.97. The maximum absolute atomic E-state index is 13.3. The summed E-state index contributed by atoms with van der Waals surface area (Å²) in [4.78, 5) is 43.0. The van der Waals surface area contributed by atoms with Gasteiger partial charge in [0, 0.05) is 24.2 Å². The fraction of sp³-hybridized carbons (Fsp3) is 0.154. The van der Waals surface area contributed by atoms with E-state index in [2.05, 4.69) is 10.3 Å². The van der Waals surface area contributed by atoms with E-state index in [1.165, 1.54) is 18.5 Å². The lowest BCUT2D eigenvalue weighted by Crippen LogP contribution is -2.33. The molecule has 7 nitrogen and oxygen atoms in total. The first-order valence-corrected chi connectivity index (χ1v) is 10.5. The van der Waals surface area contributed by atoms with E-state index in [0.717, 1.165) is 11.1 Å². The van der Waals surface area contributed by atoms with Crippen LogP contribution in [0.2, 0.25) is 0 Å². The molecule has 0 aliphatic heterocycles. The Morgan fingerprint density at radius 3 is 2.30 bits per heavy atom. The molecule has 0 aliphatic carbocycles. The minimum Gasteiger partial charge on any atom is -0.448 e. The summed E-state index contributed by atoms with van der Waals surface area (Å²) in [6.45, 7) is 3.37. The van der Waals surface area contributed by atoms with Crippen LogP contribution in [0.4, 0.5) is 5.82 Å². The van der Waals surface area contributed by atoms with Crippen molar-refractivity contribution >= 4 is 28.5 Å². The molecule has 4 rings (SSSR count). The van der Waals surface area contributed by atoms with E-state index in [0.29, 0.717) is 22.2 Å². The molecule has 0 bridgehead atoms. The van der Waals surface area contributed by atoms with Gasteiger partial charge >= 0.3 is 5.97 Å². The van der Waals surface area contributed by atoms with Gasteiger partial charge in [0.1, 0.15) is 11.5 Å². The Bertz CT molecular complexity index is 1390. The molecular weight excluding hydrogens is 418 g/mol. The number of aryl methyl sites for hydroxylation is 1. The minimum absolute atomic E-state index is 0.0815. The summed E-state index contributed by atoms with van der Waals surface area (Å²) in [6.07, 6.45) is 0.523. The molecule has 2 aromatic heterocycles. The molecule has 0 saturated carbocycles. The van der Waals surface area contributed by atoms with Crippen LogP contribution in [0.3, 0.4) is 0 Å². The molecule has 0 aliphatic rings. The van der Waals surface area contributed by atoms with Gasteiger partial charge in [0.05, 0.1) is 0 Å². The Morgan fingerprint density at radius 1 is 0.970 bits per heavy atom. The number of rotatable bonds is 5. The Hall–Kier alpha value is -4.26. The maximum atomic E-state index is 13.3. The quantitative estimate of drug-likeness (QED) is 0.471. The number of carbonyl (C=O) groups is 2. The van der Waals surface area contributed by atoms with Crippen molar-refractivity contribution in [2.24, 2.45) is 7.05 Å². The average Bonchev–Trinajstić information content (AvgIpc) is 2.83. The number of benzene rings is 2. The van der Waals surface area contributed by atoms with Crippen LogP contribution < -0.4 is 10.9 Å². The maximum Gasteiger partial charge on any atom is 0.356 e. The number of amides is 1. The zero-order valence-electron chi connectivity index (χ0n) is 18.5. The van der Waals surface area contributed by atoms with Gasteiger partial charge in [-0.15, -0.1) is 0 Å². The number of hydrogen-bond donors (Lipinski definition) is 1. The van der Waals surface area contributed by atoms with Crippen molar-refractivity contribution < 1.29 is 14.3 Å². The molecule has 0 fully saturated rings. The SMILES string of the molecule is Cc1ccc(NC(=O)C(C)OC(=O)c2c(-c3ccccc3)c3ccccc3c(=O)n2C)nc1. The van der Waals surface area contributed by atoms with Crippen molar-refractivity contribution in [1.29, 1.82) is 0 Å². The highest BCUT2D eigenvalue weighted by molar-refractivity contribution is 6.07. The summed E-state index contributed by atoms with van der Waals surface area (Å²) in [7, 11) is 1.53. The van der Waals surface area contributed by atoms with E-state index < -0.39 is 18.0 Å². The number of ether oxygens (including phenoxy) is 1. The second-order valence-corrected chi connectivity index (χ2v) is 7.76. The third-order valence-electron chi connectivity index (χ3n) is 5.38. The molecule has 1 unspecified atom stereocenters. The van der Waals surface area contributed by atoms with Gasteiger partial charge in [0.25, 0.3) is 11.5 Å². The normalized spacial score (nSPS) is 11.7. The number of carbonyl (C=O) groups excluding carboxylic acids is 2. The summed E-state index contributed by atoms with van der Waals surface area (Å²) >= 11 is 0. The summed E-state index contributed by atoms with van der Waals surface area (Å²) in [5.74, 6) is -0.929. The van der Waals surface area contributed by atoms with Crippen LogP contribution in [-0.4, -0.2) is 27.5 Å². The molecule has 166 valence electrons. The average molecular weight is 441 g/mol. The van der Waals surface area contributed by atoms with Gasteiger partial charge < -0.3 is 14.6 Å². The highest BCUT2D eigenvalue weighted by Crippen LogP contribution is 2.31. The third-order valence-corrected chi connectivity index (χ3v) is 5.38. The topological polar surface area (TPSA) is 90.3 Å². The number of nitrogens with one attached hydrogen (secondary N) is 1. The molecule has 33 heavy (non-hydrogen) atoms. The second-order valence-electron chi connectivity index (χ2n) is 7.76. The molecule has 7 heteroatoms. The summed E-state index contributed by atoms with van der Waals surface area (Å²) < 4.78 is 6.78. The van der Waals surface area contributed by atoms with E-state index in [4.69, 9.17) is 4.74 Å². The molecule has 0 spiro atoms. The van der Waals surface area contributed by atoms with Gasteiger partial charge in [-0.25, -0.2) is 9.78 Å². The van der Waals surface area contributed by atoms with Crippen molar-refractivity contribution in [1.82, 2.24) is 9.55 Å². The molecule has 0 saturated heterocycles. The number of pyridine rings is 2. The predicted molar refractivity (Wildman–Crippen MR) is 127 cm³/mol. The Labute approximate surface area is 190 Å². The predicted octanol–water partition coefficient (Wildman–Crippen LogP) is 4.09. The number of hydrogen-bond acceptors (Lipinski definition) is 5. The Kier molecular flexibility index (Phi) is 6.04. The second kappa shape index (κ2) is 9.08. The van der Waals surface area contributed by atoms with Crippen LogP contribution in [0.15, 0.2) is 77.7 Å². The monoisotopic (exact) mass is 441 g/mol. The molecule has 4 aromatic rings. The van der Waals surface area contributed by atoms with Crippen LogP contribution in [0, 0.1) is 6.92 Å². The minimum atomic E-state index is -1.11. The largest absolute Gasteiger partial charge is 0.448 e. The number of fused-ring (bicyclic) bond motifs is 1. The van der Waals surface area contributed by atoms with Gasteiger partial charge in [-0.1, -0.05) is 54.6 Å². The van der Waals surface area contributed by atoms with E-state index in [1.807, 2.05) is 49.4 Å². The molecule has 2 heterocycles. The van der Waals surface area contributed by atoms with Crippen LogP contribution >= 0.6 is 0 Å². The van der Waals surface area contributed by atoms with E-state index in [1.54, 1.807) is 30.5 Å². The van der Waals surface area contributed by atoms with Gasteiger partial charge in [-0.2, -0.15) is 0 Å². The van der Waals surface area contributed by atoms with E-state index in [-0.39, 0.29) is 11.3 Å². The van der Waals surface area contributed by atoms with Crippen molar-refractivity contribution in [2.75, 3.05) is 5.32 Å². The molecule has 1 atom stereocenters. The fourth-order valence-electron chi connectivity index (χ4n) is 3.64. The lowest BCUT2D eigenvalue weighted by Gasteiger charge is -2.19. The summed E-state index contributed by atoms with van der Waals surface area (Å²) in [6, 6.07) is 19.9. The number of aromatic nitrogens is 2. The van der Waals surface area contributed by atoms with Gasteiger partial charge in [-0.3, -0.25) is 9.59 Å². The Balaban J connectivity index is 1.72. The standard InChI is InChI=1S/C26H23N3O4/c1-16-13-14-21(27-15-16)28-24(30)17(2)33-26(32)23-22(18-9-5-4-6-10-18)19-11-7-8-12-20(19)25(31)29(23)3/h4-15,17H,1-3H3,(H,27,28,30). The smallest absolute Gasteiger partial charge is 0.356 e. The van der Waals surface area contributed by atoms with Crippen molar-refractivity contribution in [3.8, 4) is 11.1 Å². The van der Waals surface area contributed by atoms with E-state index in [9.17, 15) is 14.4 Å². The molecular formula is C26H23N3O4. The molecule has 1 N–H and O–H groups in total. The van der Waals surface area contributed by atoms with Crippen LogP contribution in [0.5, 0.6) is 0 Å². The first kappa shape index (κ1) is 22.0. The zero-order valence-corrected chi connectivity index (χ0v) is 18.5.